The van der Waals surface area contributed by atoms with E-state index in [0.29, 0.717) is 30.8 Å². The van der Waals surface area contributed by atoms with Gasteiger partial charge in [0.05, 0.1) is 19.0 Å². The molecule has 1 aliphatic heterocycles. The maximum absolute atomic E-state index is 13.4. The highest BCUT2D eigenvalue weighted by atomic mass is 35.5. The van der Waals surface area contributed by atoms with Crippen molar-refractivity contribution in [1.82, 2.24) is 19.7 Å². The van der Waals surface area contributed by atoms with Crippen LogP contribution in [0.4, 0.5) is 8.78 Å². The van der Waals surface area contributed by atoms with E-state index < -0.39 is 0 Å². The van der Waals surface area contributed by atoms with Gasteiger partial charge in [0.25, 0.3) is 0 Å². The van der Waals surface area contributed by atoms with Crippen LogP contribution in [0.5, 0.6) is 0 Å². The van der Waals surface area contributed by atoms with Gasteiger partial charge < -0.3 is 25.7 Å². The summed E-state index contributed by atoms with van der Waals surface area (Å²) >= 11 is 0. The number of quaternary nitrogens is 1. The van der Waals surface area contributed by atoms with E-state index in [0.717, 1.165) is 52.9 Å². The van der Waals surface area contributed by atoms with Crippen molar-refractivity contribution in [2.45, 2.75) is 31.8 Å². The fourth-order valence-electron chi connectivity index (χ4n) is 5.59. The predicted octanol–water partition coefficient (Wildman–Crippen LogP) is 3.11. The van der Waals surface area contributed by atoms with Gasteiger partial charge in [0.15, 0.2) is 0 Å². The number of aryl methyl sites for hydroxylation is 1. The number of nitrogens with zero attached hydrogens (tertiary/aromatic N) is 5. The summed E-state index contributed by atoms with van der Waals surface area (Å²) in [6.45, 7) is 3.14. The molecule has 0 spiro atoms. The van der Waals surface area contributed by atoms with Gasteiger partial charge in [0.2, 0.25) is 11.8 Å². The van der Waals surface area contributed by atoms with Crippen molar-refractivity contribution in [3.05, 3.63) is 102 Å². The monoisotopic (exact) mass is 551 g/mol. The molecule has 0 bridgehead atoms. The Kier molecular flexibility index (Phi) is 7.63. The van der Waals surface area contributed by atoms with Crippen molar-refractivity contribution in [2.24, 2.45) is 7.05 Å². The van der Waals surface area contributed by atoms with E-state index in [1.807, 2.05) is 17.9 Å². The molecule has 3 aromatic heterocycles. The van der Waals surface area contributed by atoms with Gasteiger partial charge in [-0.3, -0.25) is 4.68 Å². The molecule has 7 nitrogen and oxygen atoms in total. The van der Waals surface area contributed by atoms with E-state index in [1.54, 1.807) is 36.8 Å². The lowest BCUT2D eigenvalue weighted by molar-refractivity contribution is -0.959. The van der Waals surface area contributed by atoms with Crippen LogP contribution in [0.3, 0.4) is 0 Å². The molecule has 0 saturated carbocycles. The van der Waals surface area contributed by atoms with Gasteiger partial charge in [-0.25, -0.2) is 18.7 Å². The molecule has 1 aliphatic rings. The van der Waals surface area contributed by atoms with E-state index in [4.69, 9.17) is 18.8 Å². The minimum atomic E-state index is -0.299. The Labute approximate surface area is 231 Å². The van der Waals surface area contributed by atoms with Gasteiger partial charge in [0.1, 0.15) is 48.6 Å². The molecule has 6 rings (SSSR count). The Morgan fingerprint density at radius 1 is 0.846 bits per heavy atom. The molecule has 2 aromatic carbocycles. The molecule has 1 unspecified atom stereocenters. The molecule has 10 heteroatoms. The minimum Gasteiger partial charge on any atom is -1.00 e. The highest BCUT2D eigenvalue weighted by Crippen LogP contribution is 2.35. The third-order valence-corrected chi connectivity index (χ3v) is 7.35. The second-order valence-electron chi connectivity index (χ2n) is 10.1. The number of hydrogen-bond acceptors (Lipinski definition) is 5. The number of hydrogen-bond donors (Lipinski definition) is 0. The second-order valence-corrected chi connectivity index (χ2v) is 10.1. The maximum Gasteiger partial charge on any atom is 0.226 e. The number of oxazole rings is 2. The van der Waals surface area contributed by atoms with Crippen LogP contribution in [-0.2, 0) is 20.1 Å². The quantitative estimate of drug-likeness (QED) is 0.291. The zero-order valence-electron chi connectivity index (χ0n) is 21.4. The highest BCUT2D eigenvalue weighted by molar-refractivity contribution is 5.53. The van der Waals surface area contributed by atoms with Gasteiger partial charge in [0, 0.05) is 30.1 Å². The van der Waals surface area contributed by atoms with E-state index in [2.05, 4.69) is 11.2 Å². The van der Waals surface area contributed by atoms with Crippen molar-refractivity contribution in [1.29, 1.82) is 0 Å². The molecule has 0 amide bonds. The highest BCUT2D eigenvalue weighted by Gasteiger charge is 2.38. The molecule has 5 aromatic rings. The Bertz CT molecular complexity index is 1440. The smallest absolute Gasteiger partial charge is 0.226 e. The van der Waals surface area contributed by atoms with Crippen LogP contribution >= 0.6 is 0 Å². The molecule has 4 heterocycles. The van der Waals surface area contributed by atoms with E-state index in [9.17, 15) is 8.78 Å². The van der Waals surface area contributed by atoms with E-state index in [1.165, 1.54) is 30.0 Å². The summed E-state index contributed by atoms with van der Waals surface area (Å²) in [5.41, 5.74) is 4.34. The first-order valence-electron chi connectivity index (χ1n) is 12.7. The minimum absolute atomic E-state index is 0. The molecule has 1 fully saturated rings. The van der Waals surface area contributed by atoms with Crippen molar-refractivity contribution >= 4 is 0 Å². The lowest BCUT2D eigenvalue weighted by atomic mass is 9.92. The lowest BCUT2D eigenvalue weighted by Gasteiger charge is -2.43. The van der Waals surface area contributed by atoms with Gasteiger partial charge in [-0.05, 0) is 67.4 Å². The van der Waals surface area contributed by atoms with Crippen LogP contribution in [0, 0.1) is 11.6 Å². The zero-order chi connectivity index (χ0) is 26.1. The number of benzene rings is 2. The Morgan fingerprint density at radius 3 is 1.87 bits per heavy atom. The predicted molar refractivity (Wildman–Crippen MR) is 136 cm³/mol. The number of rotatable bonds is 7. The molecule has 1 atom stereocenters. The summed E-state index contributed by atoms with van der Waals surface area (Å²) in [4.78, 5) is 9.51. The van der Waals surface area contributed by atoms with Crippen LogP contribution in [0.2, 0.25) is 0 Å². The fourth-order valence-corrected chi connectivity index (χ4v) is 5.59. The summed E-state index contributed by atoms with van der Waals surface area (Å²) < 4.78 is 41.1. The van der Waals surface area contributed by atoms with Crippen molar-refractivity contribution in [2.75, 3.05) is 13.1 Å². The molecule has 0 N–H and O–H groups in total. The SMILES string of the molecule is Cn1nccc1C1CCC[N+](Cc2coc(-c3ccc(F)cc3)n2)(Cc2coc(-c3ccc(F)cc3)n2)C1.[Cl-]. The number of aromatic nitrogens is 4. The van der Waals surface area contributed by atoms with Crippen LogP contribution in [0.15, 0.2) is 82.2 Å². The molecule has 202 valence electrons. The van der Waals surface area contributed by atoms with Crippen molar-refractivity contribution in [3.63, 3.8) is 0 Å². The molecule has 1 saturated heterocycles. The van der Waals surface area contributed by atoms with Crippen LogP contribution < -0.4 is 12.4 Å². The van der Waals surface area contributed by atoms with Gasteiger partial charge in [-0.15, -0.1) is 0 Å². The molecule has 39 heavy (non-hydrogen) atoms. The molecular weight excluding hydrogens is 524 g/mol. The Morgan fingerprint density at radius 2 is 1.38 bits per heavy atom. The van der Waals surface area contributed by atoms with E-state index >= 15 is 0 Å². The van der Waals surface area contributed by atoms with Crippen molar-refractivity contribution < 1.29 is 34.5 Å². The van der Waals surface area contributed by atoms with E-state index in [-0.39, 0.29) is 24.0 Å². The van der Waals surface area contributed by atoms with Crippen LogP contribution in [0.25, 0.3) is 22.9 Å². The normalized spacial score (nSPS) is 16.6. The third kappa shape index (κ3) is 5.79. The van der Waals surface area contributed by atoms with Gasteiger partial charge >= 0.3 is 0 Å². The summed E-state index contributed by atoms with van der Waals surface area (Å²) in [6, 6.07) is 14.4. The average Bonchev–Trinajstić information content (AvgIpc) is 3.67. The molecule has 0 aliphatic carbocycles. The Hall–Kier alpha value is -3.82. The number of piperidine rings is 1. The third-order valence-electron chi connectivity index (χ3n) is 7.35. The standard InChI is InChI=1S/C29H28F2N5O2.ClH/c1-35-27(12-13-32-35)22-3-2-14-36(15-22,16-25-18-37-28(33-25)20-4-8-23(30)9-5-20)17-26-19-38-29(34-26)21-6-10-24(31)11-7-21;/h4-13,18-19,22H,2-3,14-17H2,1H3;1H/q+1;/p-1. The number of likely N-dealkylation sites (tertiary alicyclic amines) is 1. The van der Waals surface area contributed by atoms with Crippen LogP contribution in [0.1, 0.15) is 35.8 Å². The first-order chi connectivity index (χ1) is 18.5. The number of halogens is 3. The fraction of sp³-hybridized carbons (Fsp3) is 0.276. The van der Waals surface area contributed by atoms with Crippen molar-refractivity contribution in [3.8, 4) is 22.9 Å². The second kappa shape index (κ2) is 11.1. The Balaban J connectivity index is 0.00000308. The lowest BCUT2D eigenvalue weighted by Crippen LogP contribution is -3.00. The summed E-state index contributed by atoms with van der Waals surface area (Å²) in [5.74, 6) is 0.680. The first kappa shape index (κ1) is 26.8. The first-order valence-corrected chi connectivity index (χ1v) is 12.7. The maximum atomic E-state index is 13.4. The topological polar surface area (TPSA) is 69.9 Å². The summed E-state index contributed by atoms with van der Waals surface area (Å²) in [5, 5.41) is 4.40. The average molecular weight is 552 g/mol. The van der Waals surface area contributed by atoms with Gasteiger partial charge in [-0.2, -0.15) is 5.10 Å². The molecule has 0 radical (unpaired) electrons. The summed E-state index contributed by atoms with van der Waals surface area (Å²) in [7, 11) is 1.98. The van der Waals surface area contributed by atoms with Gasteiger partial charge in [-0.1, -0.05) is 0 Å². The summed E-state index contributed by atoms with van der Waals surface area (Å²) in [6.07, 6.45) is 7.36. The molecular formula is C29H28ClF2N5O2. The van der Waals surface area contributed by atoms with Crippen LogP contribution in [-0.4, -0.2) is 37.3 Å². The zero-order valence-corrected chi connectivity index (χ0v) is 22.2. The largest absolute Gasteiger partial charge is 1.00 e.